The van der Waals surface area contributed by atoms with Crippen LogP contribution >= 0.6 is 23.5 Å². The van der Waals surface area contributed by atoms with E-state index in [9.17, 15) is 5.11 Å². The standard InChI is InChI=1S/C11H22OS2/c1-5-7(2)11(12)10-6-13-8(3)9(4)14-10/h7-12H,5-6H2,1-4H3. The normalized spacial score (nSPS) is 37.9. The molecule has 1 saturated heterocycles. The van der Waals surface area contributed by atoms with Crippen LogP contribution in [0.15, 0.2) is 0 Å². The molecular weight excluding hydrogens is 212 g/mol. The summed E-state index contributed by atoms with van der Waals surface area (Å²) in [5.41, 5.74) is 0. The Morgan fingerprint density at radius 3 is 2.50 bits per heavy atom. The van der Waals surface area contributed by atoms with Crippen LogP contribution in [-0.4, -0.2) is 32.7 Å². The summed E-state index contributed by atoms with van der Waals surface area (Å²) in [7, 11) is 0. The van der Waals surface area contributed by atoms with Crippen molar-refractivity contribution >= 4 is 23.5 Å². The first-order valence-corrected chi connectivity index (χ1v) is 7.50. The molecule has 0 aromatic heterocycles. The van der Waals surface area contributed by atoms with Crippen LogP contribution in [0, 0.1) is 5.92 Å². The highest BCUT2D eigenvalue weighted by Crippen LogP contribution is 2.38. The van der Waals surface area contributed by atoms with Gasteiger partial charge >= 0.3 is 0 Å². The summed E-state index contributed by atoms with van der Waals surface area (Å²) in [5, 5.41) is 12.0. The van der Waals surface area contributed by atoms with Crippen LogP contribution in [0.2, 0.25) is 0 Å². The molecule has 1 N–H and O–H groups in total. The molecule has 1 aliphatic heterocycles. The Hall–Kier alpha value is 0.660. The Morgan fingerprint density at radius 1 is 1.36 bits per heavy atom. The van der Waals surface area contributed by atoms with Gasteiger partial charge < -0.3 is 5.11 Å². The minimum absolute atomic E-state index is 0.118. The molecule has 3 heteroatoms. The lowest BCUT2D eigenvalue weighted by Gasteiger charge is -2.35. The van der Waals surface area contributed by atoms with Crippen LogP contribution in [0.25, 0.3) is 0 Å². The van der Waals surface area contributed by atoms with Gasteiger partial charge in [0.05, 0.1) is 6.10 Å². The molecule has 0 amide bonds. The van der Waals surface area contributed by atoms with E-state index in [1.54, 1.807) is 0 Å². The third-order valence-corrected chi connectivity index (χ3v) is 6.68. The van der Waals surface area contributed by atoms with Gasteiger partial charge in [0.25, 0.3) is 0 Å². The smallest absolute Gasteiger partial charge is 0.0692 e. The predicted octanol–water partition coefficient (Wildman–Crippen LogP) is 3.02. The summed E-state index contributed by atoms with van der Waals surface area (Å²) < 4.78 is 0. The third-order valence-electron chi connectivity index (χ3n) is 3.18. The van der Waals surface area contributed by atoms with Crippen molar-refractivity contribution in [2.45, 2.75) is 56.0 Å². The van der Waals surface area contributed by atoms with Gasteiger partial charge in [0.2, 0.25) is 0 Å². The van der Waals surface area contributed by atoms with Crippen LogP contribution in [0.5, 0.6) is 0 Å². The van der Waals surface area contributed by atoms with E-state index >= 15 is 0 Å². The summed E-state index contributed by atoms with van der Waals surface area (Å²) in [5.74, 6) is 1.55. The van der Waals surface area contributed by atoms with Gasteiger partial charge in [-0.2, -0.15) is 23.5 Å². The van der Waals surface area contributed by atoms with Gasteiger partial charge in [-0.15, -0.1) is 0 Å². The van der Waals surface area contributed by atoms with Gasteiger partial charge in [-0.3, -0.25) is 0 Å². The average molecular weight is 234 g/mol. The maximum atomic E-state index is 10.1. The Balaban J connectivity index is 2.45. The molecule has 1 heterocycles. The summed E-state index contributed by atoms with van der Waals surface area (Å²) >= 11 is 3.99. The molecule has 1 aliphatic rings. The Morgan fingerprint density at radius 2 is 2.00 bits per heavy atom. The number of rotatable bonds is 3. The Bertz CT molecular complexity index is 175. The van der Waals surface area contributed by atoms with Crippen LogP contribution in [0.4, 0.5) is 0 Å². The van der Waals surface area contributed by atoms with Crippen molar-refractivity contribution in [3.8, 4) is 0 Å². The van der Waals surface area contributed by atoms with E-state index in [1.165, 1.54) is 0 Å². The number of hydrogen-bond donors (Lipinski definition) is 1. The highest BCUT2D eigenvalue weighted by molar-refractivity contribution is 8.07. The molecular formula is C11H22OS2. The van der Waals surface area contributed by atoms with Crippen LogP contribution in [-0.2, 0) is 0 Å². The molecule has 1 rings (SSSR count). The molecule has 5 unspecified atom stereocenters. The van der Waals surface area contributed by atoms with E-state index in [0.717, 1.165) is 17.4 Å². The lowest BCUT2D eigenvalue weighted by Crippen LogP contribution is -2.37. The quantitative estimate of drug-likeness (QED) is 0.810. The summed E-state index contributed by atoms with van der Waals surface area (Å²) in [4.78, 5) is 0. The fourth-order valence-electron chi connectivity index (χ4n) is 1.59. The lowest BCUT2D eigenvalue weighted by atomic mass is 10.00. The fourth-order valence-corrected chi connectivity index (χ4v) is 4.74. The maximum Gasteiger partial charge on any atom is 0.0692 e. The van der Waals surface area contributed by atoms with Crippen molar-refractivity contribution in [2.24, 2.45) is 5.92 Å². The monoisotopic (exact) mass is 234 g/mol. The molecule has 84 valence electrons. The zero-order chi connectivity index (χ0) is 10.7. The van der Waals surface area contributed by atoms with Crippen LogP contribution < -0.4 is 0 Å². The van der Waals surface area contributed by atoms with E-state index in [-0.39, 0.29) is 6.10 Å². The number of hydrogen-bond acceptors (Lipinski definition) is 3. The molecule has 0 saturated carbocycles. The van der Waals surface area contributed by atoms with Gasteiger partial charge in [0.1, 0.15) is 0 Å². The molecule has 0 aromatic rings. The zero-order valence-electron chi connectivity index (χ0n) is 9.56. The van der Waals surface area contributed by atoms with Crippen molar-refractivity contribution in [2.75, 3.05) is 5.75 Å². The zero-order valence-corrected chi connectivity index (χ0v) is 11.2. The molecule has 1 fully saturated rings. The summed E-state index contributed by atoms with van der Waals surface area (Å²) in [6, 6.07) is 0. The minimum Gasteiger partial charge on any atom is -0.392 e. The van der Waals surface area contributed by atoms with Gasteiger partial charge in [-0.25, -0.2) is 0 Å². The van der Waals surface area contributed by atoms with Crippen LogP contribution in [0.3, 0.4) is 0 Å². The Labute approximate surface area is 96.4 Å². The SMILES string of the molecule is CCC(C)C(O)C1CSC(C)C(C)S1. The van der Waals surface area contributed by atoms with E-state index in [1.807, 2.05) is 23.5 Å². The van der Waals surface area contributed by atoms with E-state index in [2.05, 4.69) is 27.7 Å². The highest BCUT2D eigenvalue weighted by atomic mass is 32.2. The van der Waals surface area contributed by atoms with Crippen LogP contribution in [0.1, 0.15) is 34.1 Å². The molecule has 0 bridgehead atoms. The van der Waals surface area contributed by atoms with Gasteiger partial charge in [0.15, 0.2) is 0 Å². The molecule has 14 heavy (non-hydrogen) atoms. The van der Waals surface area contributed by atoms with Crippen molar-refractivity contribution < 1.29 is 5.11 Å². The predicted molar refractivity (Wildman–Crippen MR) is 68.2 cm³/mol. The van der Waals surface area contributed by atoms with Gasteiger partial charge in [0, 0.05) is 21.5 Å². The Kier molecular flexibility index (Phi) is 5.15. The van der Waals surface area contributed by atoms with Crippen molar-refractivity contribution in [1.82, 2.24) is 0 Å². The second-order valence-corrected chi connectivity index (χ2v) is 7.33. The van der Waals surface area contributed by atoms with Crippen molar-refractivity contribution in [3.63, 3.8) is 0 Å². The molecule has 0 aliphatic carbocycles. The molecule has 0 spiro atoms. The second-order valence-electron chi connectivity index (χ2n) is 4.29. The van der Waals surface area contributed by atoms with E-state index < -0.39 is 0 Å². The summed E-state index contributed by atoms with van der Waals surface area (Å²) in [6.07, 6.45) is 0.958. The first kappa shape index (κ1) is 12.7. The summed E-state index contributed by atoms with van der Waals surface area (Å²) in [6.45, 7) is 8.87. The first-order chi connectivity index (χ1) is 6.56. The van der Waals surface area contributed by atoms with Crippen molar-refractivity contribution in [1.29, 1.82) is 0 Å². The number of aliphatic hydroxyl groups is 1. The second kappa shape index (κ2) is 5.66. The molecule has 0 aromatic carbocycles. The lowest BCUT2D eigenvalue weighted by molar-refractivity contribution is 0.116. The average Bonchev–Trinajstić information content (AvgIpc) is 2.20. The third kappa shape index (κ3) is 3.07. The van der Waals surface area contributed by atoms with E-state index in [0.29, 0.717) is 16.4 Å². The number of aliphatic hydroxyl groups excluding tert-OH is 1. The first-order valence-electron chi connectivity index (χ1n) is 5.51. The maximum absolute atomic E-state index is 10.1. The topological polar surface area (TPSA) is 20.2 Å². The molecule has 0 radical (unpaired) electrons. The fraction of sp³-hybridized carbons (Fsp3) is 1.00. The van der Waals surface area contributed by atoms with Gasteiger partial charge in [-0.1, -0.05) is 34.1 Å². The molecule has 1 nitrogen and oxygen atoms in total. The molecule has 5 atom stereocenters. The highest BCUT2D eigenvalue weighted by Gasteiger charge is 2.32. The largest absolute Gasteiger partial charge is 0.392 e. The minimum atomic E-state index is -0.118. The van der Waals surface area contributed by atoms with Gasteiger partial charge in [-0.05, 0) is 5.92 Å². The van der Waals surface area contributed by atoms with Crippen molar-refractivity contribution in [3.05, 3.63) is 0 Å². The number of thioether (sulfide) groups is 2. The van der Waals surface area contributed by atoms with E-state index in [4.69, 9.17) is 0 Å².